The number of hydrogen-bond donors (Lipinski definition) is 0. The first kappa shape index (κ1) is 20.3. The lowest BCUT2D eigenvalue weighted by Crippen LogP contribution is -2.26. The van der Waals surface area contributed by atoms with Gasteiger partial charge in [0.2, 0.25) is 0 Å². The number of ether oxygens (including phenoxy) is 3. The summed E-state index contributed by atoms with van der Waals surface area (Å²) in [6.45, 7) is 4.23. The fourth-order valence-corrected chi connectivity index (χ4v) is 3.75. The Morgan fingerprint density at radius 2 is 1.48 bits per heavy atom. The van der Waals surface area contributed by atoms with Crippen molar-refractivity contribution in [3.05, 3.63) is 52.3 Å². The molecule has 0 atom stereocenters. The minimum atomic E-state index is -0.557. The van der Waals surface area contributed by atoms with E-state index in [9.17, 15) is 19.2 Å². The van der Waals surface area contributed by atoms with Gasteiger partial charge in [-0.15, -0.1) is 0 Å². The predicted molar refractivity (Wildman–Crippen MR) is 111 cm³/mol. The summed E-state index contributed by atoms with van der Waals surface area (Å²) < 4.78 is 17.2. The summed E-state index contributed by atoms with van der Waals surface area (Å²) in [5, 5.41) is 1.11. The standard InChI is InChI=1S/C23H19NO7/c1-12(25)29-17-5-4-15-8-20-18-11-22(31-14(3)27)21(30-13(2)26)9-16(18)6-7-24(20)23(28)19(15)10-17/h4-5,8-11H,6-7H2,1-3H3. The molecule has 0 radical (unpaired) electrons. The average molecular weight is 421 g/mol. The van der Waals surface area contributed by atoms with E-state index in [0.717, 1.165) is 5.56 Å². The summed E-state index contributed by atoms with van der Waals surface area (Å²) in [4.78, 5) is 47.4. The maximum atomic E-state index is 13.2. The monoisotopic (exact) mass is 421 g/mol. The molecule has 158 valence electrons. The van der Waals surface area contributed by atoms with Crippen molar-refractivity contribution in [2.45, 2.75) is 33.7 Å². The largest absolute Gasteiger partial charge is 0.427 e. The smallest absolute Gasteiger partial charge is 0.308 e. The van der Waals surface area contributed by atoms with E-state index < -0.39 is 17.9 Å². The van der Waals surface area contributed by atoms with Gasteiger partial charge in [0, 0.05) is 32.9 Å². The van der Waals surface area contributed by atoms with Crippen LogP contribution in [0.25, 0.3) is 22.0 Å². The van der Waals surface area contributed by atoms with Crippen LogP contribution in [0, 0.1) is 0 Å². The van der Waals surface area contributed by atoms with E-state index in [0.29, 0.717) is 40.7 Å². The van der Waals surface area contributed by atoms with E-state index in [1.807, 2.05) is 6.07 Å². The Bertz CT molecular complexity index is 1320. The van der Waals surface area contributed by atoms with E-state index in [1.165, 1.54) is 20.8 Å². The molecule has 4 rings (SSSR count). The molecule has 8 heteroatoms. The quantitative estimate of drug-likeness (QED) is 0.473. The summed E-state index contributed by atoms with van der Waals surface area (Å²) in [5.74, 6) is -0.991. The van der Waals surface area contributed by atoms with Crippen LogP contribution in [0.3, 0.4) is 0 Å². The molecule has 0 N–H and O–H groups in total. The topological polar surface area (TPSA) is 101 Å². The molecule has 0 saturated carbocycles. The highest BCUT2D eigenvalue weighted by Gasteiger charge is 2.23. The molecule has 1 aliphatic rings. The molecule has 0 spiro atoms. The third kappa shape index (κ3) is 3.92. The van der Waals surface area contributed by atoms with Gasteiger partial charge < -0.3 is 18.8 Å². The molecule has 3 aromatic rings. The Labute approximate surface area is 177 Å². The lowest BCUT2D eigenvalue weighted by molar-refractivity contribution is -0.134. The molecule has 2 heterocycles. The number of aryl methyl sites for hydroxylation is 1. The van der Waals surface area contributed by atoms with Crippen molar-refractivity contribution in [1.82, 2.24) is 4.57 Å². The number of nitrogens with zero attached hydrogens (tertiary/aromatic N) is 1. The first-order chi connectivity index (χ1) is 14.7. The molecule has 8 nitrogen and oxygen atoms in total. The summed E-state index contributed by atoms with van der Waals surface area (Å²) in [7, 11) is 0. The molecule has 0 saturated heterocycles. The van der Waals surface area contributed by atoms with Crippen molar-refractivity contribution in [3.63, 3.8) is 0 Å². The van der Waals surface area contributed by atoms with Gasteiger partial charge in [-0.1, -0.05) is 6.07 Å². The second-order valence-electron chi connectivity index (χ2n) is 7.22. The molecule has 0 unspecified atom stereocenters. The van der Waals surface area contributed by atoms with Crippen molar-refractivity contribution in [2.24, 2.45) is 0 Å². The number of esters is 3. The van der Waals surface area contributed by atoms with E-state index in [2.05, 4.69) is 0 Å². The SMILES string of the molecule is CC(=O)Oc1ccc2cc3n(c(=O)c2c1)CCc1cc(OC(C)=O)c(OC(C)=O)cc1-3. The van der Waals surface area contributed by atoms with Crippen LogP contribution in [0.5, 0.6) is 17.2 Å². The molecule has 0 aliphatic carbocycles. The maximum Gasteiger partial charge on any atom is 0.308 e. The molecule has 0 amide bonds. The van der Waals surface area contributed by atoms with E-state index in [4.69, 9.17) is 14.2 Å². The van der Waals surface area contributed by atoms with E-state index >= 15 is 0 Å². The van der Waals surface area contributed by atoms with Crippen molar-refractivity contribution >= 4 is 28.7 Å². The van der Waals surface area contributed by atoms with Gasteiger partial charge in [0.1, 0.15) is 5.75 Å². The van der Waals surface area contributed by atoms with Crippen LogP contribution in [0.4, 0.5) is 0 Å². The van der Waals surface area contributed by atoms with Crippen LogP contribution < -0.4 is 19.8 Å². The molecule has 1 aliphatic heterocycles. The predicted octanol–water partition coefficient (Wildman–Crippen LogP) is 3.00. The van der Waals surface area contributed by atoms with Gasteiger partial charge in [0.05, 0.1) is 11.1 Å². The molecule has 0 bridgehead atoms. The molecule has 2 aromatic carbocycles. The van der Waals surface area contributed by atoms with Crippen LogP contribution in [0.1, 0.15) is 26.3 Å². The Hall–Kier alpha value is -3.94. The van der Waals surface area contributed by atoms with Crippen LogP contribution in [0.2, 0.25) is 0 Å². The lowest BCUT2D eigenvalue weighted by Gasteiger charge is -2.24. The van der Waals surface area contributed by atoms with Crippen molar-refractivity contribution in [1.29, 1.82) is 0 Å². The Morgan fingerprint density at radius 3 is 2.13 bits per heavy atom. The first-order valence-electron chi connectivity index (χ1n) is 9.63. The summed E-state index contributed by atoms with van der Waals surface area (Å²) in [6, 6.07) is 10.0. The van der Waals surface area contributed by atoms with Crippen molar-refractivity contribution in [2.75, 3.05) is 0 Å². The van der Waals surface area contributed by atoms with E-state index in [-0.39, 0.29) is 17.1 Å². The van der Waals surface area contributed by atoms with Crippen LogP contribution in [0.15, 0.2) is 41.2 Å². The number of aromatic nitrogens is 1. The van der Waals surface area contributed by atoms with Crippen molar-refractivity contribution in [3.8, 4) is 28.5 Å². The Morgan fingerprint density at radius 1 is 0.839 bits per heavy atom. The third-order valence-corrected chi connectivity index (χ3v) is 4.90. The molecular formula is C23H19NO7. The third-order valence-electron chi connectivity index (χ3n) is 4.90. The zero-order chi connectivity index (χ0) is 22.3. The fourth-order valence-electron chi connectivity index (χ4n) is 3.75. The number of carbonyl (C=O) groups excluding carboxylic acids is 3. The van der Waals surface area contributed by atoms with Gasteiger partial charge in [-0.3, -0.25) is 19.2 Å². The lowest BCUT2D eigenvalue weighted by atomic mass is 9.95. The number of benzene rings is 2. The minimum absolute atomic E-state index is 0.104. The highest BCUT2D eigenvalue weighted by molar-refractivity contribution is 5.88. The maximum absolute atomic E-state index is 13.2. The van der Waals surface area contributed by atoms with Gasteiger partial charge in [-0.05, 0) is 47.7 Å². The van der Waals surface area contributed by atoms with E-state index in [1.54, 1.807) is 34.9 Å². The van der Waals surface area contributed by atoms with Gasteiger partial charge in [-0.25, -0.2) is 0 Å². The summed E-state index contributed by atoms with van der Waals surface area (Å²) in [6.07, 6.45) is 0.520. The second-order valence-corrected chi connectivity index (χ2v) is 7.22. The number of carbonyl (C=O) groups is 3. The van der Waals surface area contributed by atoms with Crippen molar-refractivity contribution < 1.29 is 28.6 Å². The van der Waals surface area contributed by atoms with Gasteiger partial charge in [0.15, 0.2) is 11.5 Å². The molecule has 1 aromatic heterocycles. The number of hydrogen-bond acceptors (Lipinski definition) is 7. The molecular weight excluding hydrogens is 402 g/mol. The average Bonchev–Trinajstić information content (AvgIpc) is 2.68. The summed E-state index contributed by atoms with van der Waals surface area (Å²) in [5.41, 5.74) is 2.01. The van der Waals surface area contributed by atoms with Crippen LogP contribution >= 0.6 is 0 Å². The minimum Gasteiger partial charge on any atom is -0.427 e. The van der Waals surface area contributed by atoms with Crippen LogP contribution in [-0.2, 0) is 27.3 Å². The zero-order valence-corrected chi connectivity index (χ0v) is 17.2. The normalized spacial score (nSPS) is 12.0. The highest BCUT2D eigenvalue weighted by atomic mass is 16.6. The van der Waals surface area contributed by atoms with Crippen LogP contribution in [-0.4, -0.2) is 22.5 Å². The second kappa shape index (κ2) is 7.71. The summed E-state index contributed by atoms with van der Waals surface area (Å²) >= 11 is 0. The Balaban J connectivity index is 1.90. The van der Waals surface area contributed by atoms with Gasteiger partial charge >= 0.3 is 17.9 Å². The number of rotatable bonds is 3. The fraction of sp³-hybridized carbons (Fsp3) is 0.217. The van der Waals surface area contributed by atoms with Gasteiger partial charge in [-0.2, -0.15) is 0 Å². The molecule has 31 heavy (non-hydrogen) atoms. The number of pyridine rings is 1. The molecule has 0 fully saturated rings. The van der Waals surface area contributed by atoms with Gasteiger partial charge in [0.25, 0.3) is 5.56 Å². The Kier molecular flexibility index (Phi) is 5.06. The first-order valence-corrected chi connectivity index (χ1v) is 9.63. The highest BCUT2D eigenvalue weighted by Crippen LogP contribution is 2.39. The zero-order valence-electron chi connectivity index (χ0n) is 17.2. The number of fused-ring (bicyclic) bond motifs is 4.